The maximum atomic E-state index is 13.5. The van der Waals surface area contributed by atoms with Gasteiger partial charge >= 0.3 is 0 Å². The Morgan fingerprint density at radius 3 is 2.91 bits per heavy atom. The molecule has 0 aliphatic carbocycles. The minimum Gasteiger partial charge on any atom is -0.355 e. The molecule has 22 heavy (non-hydrogen) atoms. The maximum absolute atomic E-state index is 13.5. The fourth-order valence-electron chi connectivity index (χ4n) is 2.83. The average molecular weight is 318 g/mol. The molecule has 7 heteroatoms. The maximum Gasteiger partial charge on any atom is 0.140 e. The van der Waals surface area contributed by atoms with Crippen LogP contribution in [0.4, 0.5) is 10.2 Å². The molecule has 112 valence electrons. The van der Waals surface area contributed by atoms with Crippen LogP contribution in [0.25, 0.3) is 10.9 Å². The molecule has 1 aliphatic heterocycles. The summed E-state index contributed by atoms with van der Waals surface area (Å²) in [5.74, 6) is 1.00. The SMILES string of the molecule is Fc1ccc2ncnc(N3CC(Cn4cc(Cl)cn4)C3)c2c1. The monoisotopic (exact) mass is 317 g/mol. The highest BCUT2D eigenvalue weighted by Gasteiger charge is 2.29. The van der Waals surface area contributed by atoms with E-state index in [1.165, 1.54) is 18.5 Å². The van der Waals surface area contributed by atoms with Crippen LogP contribution >= 0.6 is 11.6 Å². The van der Waals surface area contributed by atoms with Gasteiger partial charge in [0.2, 0.25) is 0 Å². The molecule has 1 aliphatic rings. The Morgan fingerprint density at radius 1 is 1.27 bits per heavy atom. The number of aromatic nitrogens is 4. The van der Waals surface area contributed by atoms with Gasteiger partial charge in [0.1, 0.15) is 18.0 Å². The minimum absolute atomic E-state index is 0.271. The predicted molar refractivity (Wildman–Crippen MR) is 82.4 cm³/mol. The summed E-state index contributed by atoms with van der Waals surface area (Å²) in [5.41, 5.74) is 0.758. The molecule has 3 aromatic rings. The van der Waals surface area contributed by atoms with E-state index in [2.05, 4.69) is 20.0 Å². The molecule has 0 spiro atoms. The highest BCUT2D eigenvalue weighted by molar-refractivity contribution is 6.30. The second kappa shape index (κ2) is 5.21. The lowest BCUT2D eigenvalue weighted by atomic mass is 9.99. The van der Waals surface area contributed by atoms with Crippen molar-refractivity contribution >= 4 is 28.3 Å². The second-order valence-corrected chi connectivity index (χ2v) is 5.95. The molecule has 1 aromatic carbocycles. The first-order valence-corrected chi connectivity index (χ1v) is 7.40. The van der Waals surface area contributed by atoms with Crippen molar-refractivity contribution in [3.63, 3.8) is 0 Å². The molecule has 1 fully saturated rings. The van der Waals surface area contributed by atoms with Gasteiger partial charge in [-0.25, -0.2) is 14.4 Å². The summed E-state index contributed by atoms with van der Waals surface area (Å²) in [4.78, 5) is 10.6. The summed E-state index contributed by atoms with van der Waals surface area (Å²) in [6, 6.07) is 4.59. The fourth-order valence-corrected chi connectivity index (χ4v) is 2.98. The van der Waals surface area contributed by atoms with Gasteiger partial charge in [-0.15, -0.1) is 0 Å². The molecular weight excluding hydrogens is 305 g/mol. The van der Waals surface area contributed by atoms with Crippen LogP contribution < -0.4 is 4.90 Å². The van der Waals surface area contributed by atoms with E-state index in [9.17, 15) is 4.39 Å². The van der Waals surface area contributed by atoms with Crippen LogP contribution in [0.3, 0.4) is 0 Å². The van der Waals surface area contributed by atoms with Crippen molar-refractivity contribution in [1.29, 1.82) is 0 Å². The molecule has 0 atom stereocenters. The molecule has 0 N–H and O–H groups in total. The summed E-state index contributed by atoms with van der Waals surface area (Å²) >= 11 is 5.86. The molecule has 0 bridgehead atoms. The molecule has 1 saturated heterocycles. The van der Waals surface area contributed by atoms with Crippen molar-refractivity contribution in [2.75, 3.05) is 18.0 Å². The van der Waals surface area contributed by atoms with E-state index in [-0.39, 0.29) is 5.82 Å². The Bertz CT molecular complexity index is 828. The zero-order valence-corrected chi connectivity index (χ0v) is 12.4. The lowest BCUT2D eigenvalue weighted by Gasteiger charge is -2.40. The van der Waals surface area contributed by atoms with Crippen molar-refractivity contribution in [3.05, 3.63) is 47.8 Å². The summed E-state index contributed by atoms with van der Waals surface area (Å²) in [5, 5.41) is 5.59. The first-order valence-electron chi connectivity index (χ1n) is 7.02. The molecule has 5 nitrogen and oxygen atoms in total. The number of rotatable bonds is 3. The molecule has 3 heterocycles. The van der Waals surface area contributed by atoms with Gasteiger partial charge in [-0.1, -0.05) is 11.6 Å². The third-order valence-electron chi connectivity index (χ3n) is 3.88. The summed E-state index contributed by atoms with van der Waals surface area (Å²) in [6.07, 6.45) is 4.98. The van der Waals surface area contributed by atoms with Crippen molar-refractivity contribution in [2.24, 2.45) is 5.92 Å². The van der Waals surface area contributed by atoms with Crippen LogP contribution in [-0.2, 0) is 6.54 Å². The van der Waals surface area contributed by atoms with Crippen LogP contribution in [-0.4, -0.2) is 32.8 Å². The molecular formula is C15H13ClFN5. The van der Waals surface area contributed by atoms with Gasteiger partial charge in [0, 0.05) is 37.1 Å². The Labute approximate surface area is 131 Å². The number of halogens is 2. The zero-order chi connectivity index (χ0) is 15.1. The number of fused-ring (bicyclic) bond motifs is 1. The fraction of sp³-hybridized carbons (Fsp3) is 0.267. The number of hydrogen-bond acceptors (Lipinski definition) is 4. The normalized spacial score (nSPS) is 15.3. The van der Waals surface area contributed by atoms with Crippen molar-refractivity contribution in [3.8, 4) is 0 Å². The second-order valence-electron chi connectivity index (χ2n) is 5.51. The average Bonchev–Trinajstić information content (AvgIpc) is 2.87. The van der Waals surface area contributed by atoms with Crippen LogP contribution in [0.2, 0.25) is 5.02 Å². The highest BCUT2D eigenvalue weighted by Crippen LogP contribution is 2.29. The van der Waals surface area contributed by atoms with Gasteiger partial charge in [0.05, 0.1) is 16.7 Å². The minimum atomic E-state index is -0.271. The Balaban J connectivity index is 1.52. The van der Waals surface area contributed by atoms with Gasteiger partial charge in [0.25, 0.3) is 0 Å². The van der Waals surface area contributed by atoms with Crippen molar-refractivity contribution in [1.82, 2.24) is 19.7 Å². The predicted octanol–water partition coefficient (Wildman–Crippen LogP) is 2.76. The van der Waals surface area contributed by atoms with Crippen molar-refractivity contribution < 1.29 is 4.39 Å². The third-order valence-corrected chi connectivity index (χ3v) is 4.08. The van der Waals surface area contributed by atoms with Crippen LogP contribution in [0.1, 0.15) is 0 Å². The summed E-state index contributed by atoms with van der Waals surface area (Å²) < 4.78 is 15.3. The molecule has 4 rings (SSSR count). The standard InChI is InChI=1S/C15H13ClFN5/c16-11-4-20-22(8-11)7-10-5-21(6-10)15-13-3-12(17)1-2-14(13)18-9-19-15/h1-4,8-10H,5-7H2. The van der Waals surface area contributed by atoms with Crippen LogP contribution in [0, 0.1) is 11.7 Å². The van der Waals surface area contributed by atoms with E-state index in [0.29, 0.717) is 10.9 Å². The number of anilines is 1. The van der Waals surface area contributed by atoms with E-state index in [1.54, 1.807) is 12.3 Å². The van der Waals surface area contributed by atoms with Crippen molar-refractivity contribution in [2.45, 2.75) is 6.54 Å². The molecule has 0 amide bonds. The molecule has 0 radical (unpaired) electrons. The van der Waals surface area contributed by atoms with E-state index >= 15 is 0 Å². The lowest BCUT2D eigenvalue weighted by molar-refractivity contribution is 0.341. The van der Waals surface area contributed by atoms with Gasteiger partial charge in [-0.05, 0) is 18.2 Å². The van der Waals surface area contributed by atoms with Gasteiger partial charge in [-0.3, -0.25) is 4.68 Å². The molecule has 0 saturated carbocycles. The van der Waals surface area contributed by atoms with E-state index in [1.807, 2.05) is 10.9 Å². The Hall–Kier alpha value is -2.21. The number of nitrogens with zero attached hydrogens (tertiary/aromatic N) is 5. The van der Waals surface area contributed by atoms with Gasteiger partial charge in [-0.2, -0.15) is 5.10 Å². The number of hydrogen-bond donors (Lipinski definition) is 0. The number of benzene rings is 1. The van der Waals surface area contributed by atoms with E-state index in [4.69, 9.17) is 11.6 Å². The smallest absolute Gasteiger partial charge is 0.140 e. The van der Waals surface area contributed by atoms with Crippen LogP contribution in [0.15, 0.2) is 36.9 Å². The quantitative estimate of drug-likeness (QED) is 0.745. The highest BCUT2D eigenvalue weighted by atomic mass is 35.5. The third kappa shape index (κ3) is 2.39. The first kappa shape index (κ1) is 13.5. The first-order chi connectivity index (χ1) is 10.7. The van der Waals surface area contributed by atoms with Gasteiger partial charge in [0.15, 0.2) is 0 Å². The van der Waals surface area contributed by atoms with E-state index in [0.717, 1.165) is 36.4 Å². The zero-order valence-electron chi connectivity index (χ0n) is 11.7. The van der Waals surface area contributed by atoms with Gasteiger partial charge < -0.3 is 4.90 Å². The summed E-state index contributed by atoms with van der Waals surface area (Å²) in [7, 11) is 0. The Morgan fingerprint density at radius 2 is 2.14 bits per heavy atom. The molecule has 2 aromatic heterocycles. The lowest BCUT2D eigenvalue weighted by Crippen LogP contribution is -2.49. The van der Waals surface area contributed by atoms with Crippen LogP contribution in [0.5, 0.6) is 0 Å². The van der Waals surface area contributed by atoms with E-state index < -0.39 is 0 Å². The Kier molecular flexibility index (Phi) is 3.18. The summed E-state index contributed by atoms with van der Waals surface area (Å²) in [6.45, 7) is 2.54. The molecule has 0 unspecified atom stereocenters. The topological polar surface area (TPSA) is 46.8 Å². The largest absolute Gasteiger partial charge is 0.355 e.